The highest BCUT2D eigenvalue weighted by Crippen LogP contribution is 2.27. The zero-order valence-corrected chi connectivity index (χ0v) is 13.4. The molecule has 0 spiro atoms. The van der Waals surface area contributed by atoms with Gasteiger partial charge in [-0.05, 0) is 25.0 Å². The molecule has 2 amide bonds. The topological polar surface area (TPSA) is 69.9 Å². The zero-order valence-electron chi connectivity index (χ0n) is 13.4. The van der Waals surface area contributed by atoms with Gasteiger partial charge in [0.05, 0.1) is 11.7 Å². The van der Waals surface area contributed by atoms with Crippen LogP contribution in [0.3, 0.4) is 0 Å². The average Bonchev–Trinajstić information content (AvgIpc) is 2.71. The number of amides is 2. The van der Waals surface area contributed by atoms with E-state index in [0.717, 1.165) is 12.1 Å². The first-order chi connectivity index (χ1) is 10.4. The van der Waals surface area contributed by atoms with Crippen molar-refractivity contribution >= 4 is 17.5 Å². The van der Waals surface area contributed by atoms with Crippen molar-refractivity contribution in [1.82, 2.24) is 9.91 Å². The standard InChI is InChI=1S/C16H24N4O2/c1-18(2)14(21)11-7-10-13-15(17)16(22)20(19(13)3)12-8-5-4-6-9-12/h4-6,8-9,13,15H,7,10-11,17H2,1-3H3. The van der Waals surface area contributed by atoms with Crippen molar-refractivity contribution in [2.45, 2.75) is 31.3 Å². The maximum absolute atomic E-state index is 12.4. The van der Waals surface area contributed by atoms with Gasteiger partial charge in [0.25, 0.3) is 5.91 Å². The van der Waals surface area contributed by atoms with Crippen LogP contribution in [0.25, 0.3) is 0 Å². The van der Waals surface area contributed by atoms with E-state index >= 15 is 0 Å². The second kappa shape index (κ2) is 6.89. The summed E-state index contributed by atoms with van der Waals surface area (Å²) in [5.41, 5.74) is 6.91. The monoisotopic (exact) mass is 304 g/mol. The molecule has 0 aliphatic carbocycles. The van der Waals surface area contributed by atoms with Crippen LogP contribution < -0.4 is 10.7 Å². The number of hydrogen-bond acceptors (Lipinski definition) is 4. The Kier molecular flexibility index (Phi) is 5.15. The first-order valence-electron chi connectivity index (χ1n) is 7.51. The van der Waals surface area contributed by atoms with Gasteiger partial charge >= 0.3 is 0 Å². The van der Waals surface area contributed by atoms with Gasteiger partial charge in [0.2, 0.25) is 5.91 Å². The second-order valence-electron chi connectivity index (χ2n) is 5.83. The Morgan fingerprint density at radius 3 is 2.50 bits per heavy atom. The lowest BCUT2D eigenvalue weighted by Gasteiger charge is -2.28. The molecule has 0 bridgehead atoms. The van der Waals surface area contributed by atoms with Crippen LogP contribution in [-0.4, -0.2) is 54.9 Å². The van der Waals surface area contributed by atoms with E-state index in [9.17, 15) is 9.59 Å². The fourth-order valence-electron chi connectivity index (χ4n) is 2.77. The predicted octanol–water partition coefficient (Wildman–Crippen LogP) is 0.834. The van der Waals surface area contributed by atoms with Gasteiger partial charge in [0, 0.05) is 27.6 Å². The number of anilines is 1. The van der Waals surface area contributed by atoms with Crippen LogP contribution in [0.5, 0.6) is 0 Å². The van der Waals surface area contributed by atoms with E-state index in [4.69, 9.17) is 5.73 Å². The Hall–Kier alpha value is -1.92. The minimum absolute atomic E-state index is 0.0809. The molecule has 1 aliphatic heterocycles. The van der Waals surface area contributed by atoms with Crippen molar-refractivity contribution < 1.29 is 9.59 Å². The van der Waals surface area contributed by atoms with Crippen LogP contribution in [0.15, 0.2) is 30.3 Å². The lowest BCUT2D eigenvalue weighted by molar-refractivity contribution is -0.128. The maximum Gasteiger partial charge on any atom is 0.260 e. The Bertz CT molecular complexity index is 532. The molecule has 2 unspecified atom stereocenters. The highest BCUT2D eigenvalue weighted by molar-refractivity contribution is 5.99. The molecule has 2 rings (SSSR count). The lowest BCUT2D eigenvalue weighted by atomic mass is 10.0. The van der Waals surface area contributed by atoms with Crippen molar-refractivity contribution in [1.29, 1.82) is 0 Å². The zero-order chi connectivity index (χ0) is 16.3. The summed E-state index contributed by atoms with van der Waals surface area (Å²) in [6.07, 6.45) is 1.91. The molecule has 6 heteroatoms. The summed E-state index contributed by atoms with van der Waals surface area (Å²) in [6, 6.07) is 8.84. The molecule has 1 aliphatic rings. The highest BCUT2D eigenvalue weighted by Gasteiger charge is 2.42. The van der Waals surface area contributed by atoms with Gasteiger partial charge in [-0.1, -0.05) is 18.2 Å². The number of nitrogens with two attached hydrogens (primary N) is 1. The molecule has 1 aromatic rings. The SMILES string of the molecule is CN(C)C(=O)CCCC1C(N)C(=O)N(c2ccccc2)N1C. The molecule has 0 saturated carbocycles. The number of likely N-dealkylation sites (N-methyl/N-ethyl adjacent to an activating group) is 1. The Labute approximate surface area is 131 Å². The normalized spacial score (nSPS) is 22.2. The number of rotatable bonds is 5. The molecule has 1 aromatic carbocycles. The van der Waals surface area contributed by atoms with E-state index in [2.05, 4.69) is 0 Å². The molecule has 0 aromatic heterocycles. The van der Waals surface area contributed by atoms with E-state index in [0.29, 0.717) is 12.8 Å². The van der Waals surface area contributed by atoms with E-state index in [1.54, 1.807) is 24.0 Å². The molecule has 1 saturated heterocycles. The molecule has 1 fully saturated rings. The summed E-state index contributed by atoms with van der Waals surface area (Å²) < 4.78 is 0. The fourth-order valence-corrected chi connectivity index (χ4v) is 2.77. The fraction of sp³-hybridized carbons (Fsp3) is 0.500. The minimum atomic E-state index is -0.556. The van der Waals surface area contributed by atoms with Crippen molar-refractivity contribution in [3.63, 3.8) is 0 Å². The van der Waals surface area contributed by atoms with Gasteiger partial charge in [-0.3, -0.25) is 9.59 Å². The summed E-state index contributed by atoms with van der Waals surface area (Å²) in [4.78, 5) is 25.6. The predicted molar refractivity (Wildman–Crippen MR) is 86.0 cm³/mol. The number of carbonyl (C=O) groups excluding carboxylic acids is 2. The molecule has 0 radical (unpaired) electrons. The molecular formula is C16H24N4O2. The van der Waals surface area contributed by atoms with E-state index < -0.39 is 6.04 Å². The number of nitrogens with zero attached hydrogens (tertiary/aromatic N) is 3. The summed E-state index contributed by atoms with van der Waals surface area (Å²) in [5, 5.41) is 3.52. The first-order valence-corrected chi connectivity index (χ1v) is 7.51. The third-order valence-electron chi connectivity index (χ3n) is 4.09. The van der Waals surface area contributed by atoms with Gasteiger partial charge in [-0.15, -0.1) is 0 Å². The lowest BCUT2D eigenvalue weighted by Crippen LogP contribution is -2.40. The third-order valence-corrected chi connectivity index (χ3v) is 4.09. The molecule has 2 N–H and O–H groups in total. The number of para-hydroxylation sites is 1. The quantitative estimate of drug-likeness (QED) is 0.875. The number of carbonyl (C=O) groups is 2. The molecule has 6 nitrogen and oxygen atoms in total. The van der Waals surface area contributed by atoms with E-state index in [1.165, 1.54) is 0 Å². The van der Waals surface area contributed by atoms with Crippen molar-refractivity contribution in [3.8, 4) is 0 Å². The van der Waals surface area contributed by atoms with Crippen LogP contribution in [-0.2, 0) is 9.59 Å². The second-order valence-corrected chi connectivity index (χ2v) is 5.83. The molecule has 22 heavy (non-hydrogen) atoms. The van der Waals surface area contributed by atoms with E-state index in [1.807, 2.05) is 42.4 Å². The molecular weight excluding hydrogens is 280 g/mol. The van der Waals surface area contributed by atoms with Crippen LogP contribution >= 0.6 is 0 Å². The molecule has 2 atom stereocenters. The van der Waals surface area contributed by atoms with Gasteiger partial charge in [0.15, 0.2) is 0 Å². The summed E-state index contributed by atoms with van der Waals surface area (Å²) in [6.45, 7) is 0. The molecule has 1 heterocycles. The smallest absolute Gasteiger partial charge is 0.260 e. The van der Waals surface area contributed by atoms with Crippen LogP contribution in [0.1, 0.15) is 19.3 Å². The Morgan fingerprint density at radius 2 is 1.91 bits per heavy atom. The van der Waals surface area contributed by atoms with Gasteiger partial charge in [0.1, 0.15) is 6.04 Å². The Balaban J connectivity index is 2.02. The van der Waals surface area contributed by atoms with Crippen molar-refractivity contribution in [2.75, 3.05) is 26.2 Å². The van der Waals surface area contributed by atoms with Crippen LogP contribution in [0.2, 0.25) is 0 Å². The van der Waals surface area contributed by atoms with Gasteiger partial charge < -0.3 is 10.6 Å². The van der Waals surface area contributed by atoms with Gasteiger partial charge in [-0.2, -0.15) is 0 Å². The third kappa shape index (κ3) is 3.28. The first kappa shape index (κ1) is 16.5. The number of hydrazine groups is 1. The van der Waals surface area contributed by atoms with Crippen molar-refractivity contribution in [2.24, 2.45) is 5.73 Å². The Morgan fingerprint density at radius 1 is 1.27 bits per heavy atom. The molecule has 120 valence electrons. The highest BCUT2D eigenvalue weighted by atomic mass is 16.2. The maximum atomic E-state index is 12.4. The number of hydrogen-bond donors (Lipinski definition) is 1. The largest absolute Gasteiger partial charge is 0.349 e. The summed E-state index contributed by atoms with van der Waals surface area (Å²) in [7, 11) is 5.36. The van der Waals surface area contributed by atoms with E-state index in [-0.39, 0.29) is 17.9 Å². The van der Waals surface area contributed by atoms with Crippen LogP contribution in [0, 0.1) is 0 Å². The van der Waals surface area contributed by atoms with Gasteiger partial charge in [-0.25, -0.2) is 10.0 Å². The summed E-state index contributed by atoms with van der Waals surface area (Å²) >= 11 is 0. The minimum Gasteiger partial charge on any atom is -0.349 e. The van der Waals surface area contributed by atoms with Crippen molar-refractivity contribution in [3.05, 3.63) is 30.3 Å². The van der Waals surface area contributed by atoms with Crippen LogP contribution in [0.4, 0.5) is 5.69 Å². The average molecular weight is 304 g/mol. The number of benzene rings is 1. The summed E-state index contributed by atoms with van der Waals surface area (Å²) in [5.74, 6) is -0.00176.